The standard InChI is InChI=1S/C19H20ClNO/c1-2-9-21-10-8-15-11-18(20)19(22)12-16(15)17(13-21)14-6-4-3-5-7-14/h2-7,11-12,17,22H,1,8-10,13H2. The van der Waals surface area contributed by atoms with Crippen LogP contribution in [0.5, 0.6) is 5.75 Å². The molecule has 0 amide bonds. The lowest BCUT2D eigenvalue weighted by Gasteiger charge is -2.24. The Morgan fingerprint density at radius 3 is 2.77 bits per heavy atom. The Hall–Kier alpha value is -1.77. The van der Waals surface area contributed by atoms with Gasteiger partial charge in [-0.25, -0.2) is 0 Å². The highest BCUT2D eigenvalue weighted by Gasteiger charge is 2.25. The Morgan fingerprint density at radius 1 is 1.27 bits per heavy atom. The highest BCUT2D eigenvalue weighted by molar-refractivity contribution is 6.32. The molecule has 3 rings (SSSR count). The largest absolute Gasteiger partial charge is 0.506 e. The first-order chi connectivity index (χ1) is 10.7. The number of phenolic OH excluding ortho intramolecular Hbond substituents is 1. The lowest BCUT2D eigenvalue weighted by atomic mass is 9.88. The van der Waals surface area contributed by atoms with E-state index in [0.29, 0.717) is 5.02 Å². The van der Waals surface area contributed by atoms with Crippen LogP contribution in [0, 0.1) is 0 Å². The van der Waals surface area contributed by atoms with E-state index in [1.165, 1.54) is 16.7 Å². The Morgan fingerprint density at radius 2 is 2.05 bits per heavy atom. The molecular formula is C19H20ClNO. The Kier molecular flexibility index (Phi) is 4.51. The molecule has 114 valence electrons. The molecule has 0 saturated heterocycles. The SMILES string of the molecule is C=CCN1CCc2cc(Cl)c(O)cc2C(c2ccccc2)C1. The second-order valence-electron chi connectivity index (χ2n) is 5.76. The third-order valence-electron chi connectivity index (χ3n) is 4.31. The maximum absolute atomic E-state index is 10.0. The molecule has 2 aromatic carbocycles. The third-order valence-corrected chi connectivity index (χ3v) is 4.61. The van der Waals surface area contributed by atoms with Gasteiger partial charge in [0.1, 0.15) is 5.75 Å². The maximum Gasteiger partial charge on any atom is 0.134 e. The number of fused-ring (bicyclic) bond motifs is 1. The molecule has 0 fully saturated rings. The van der Waals surface area contributed by atoms with Gasteiger partial charge in [0.05, 0.1) is 5.02 Å². The normalized spacial score (nSPS) is 18.5. The Bertz CT molecular complexity index is 669. The molecule has 0 aliphatic carbocycles. The van der Waals surface area contributed by atoms with E-state index in [4.69, 9.17) is 11.6 Å². The number of benzene rings is 2. The molecule has 0 radical (unpaired) electrons. The zero-order chi connectivity index (χ0) is 15.5. The monoisotopic (exact) mass is 313 g/mol. The smallest absolute Gasteiger partial charge is 0.134 e. The van der Waals surface area contributed by atoms with E-state index in [1.54, 1.807) is 0 Å². The van der Waals surface area contributed by atoms with Gasteiger partial charge in [-0.15, -0.1) is 6.58 Å². The Labute approximate surface area is 136 Å². The molecule has 3 heteroatoms. The summed E-state index contributed by atoms with van der Waals surface area (Å²) in [5, 5.41) is 10.5. The molecule has 0 saturated carbocycles. The zero-order valence-electron chi connectivity index (χ0n) is 12.5. The van der Waals surface area contributed by atoms with E-state index in [1.807, 2.05) is 24.3 Å². The molecule has 2 aromatic rings. The summed E-state index contributed by atoms with van der Waals surface area (Å²) < 4.78 is 0. The van der Waals surface area contributed by atoms with E-state index in [2.05, 4.69) is 35.7 Å². The van der Waals surface area contributed by atoms with Crippen LogP contribution in [-0.2, 0) is 6.42 Å². The first-order valence-electron chi connectivity index (χ1n) is 7.58. The lowest BCUT2D eigenvalue weighted by molar-refractivity contribution is 0.306. The van der Waals surface area contributed by atoms with E-state index in [0.717, 1.165) is 26.1 Å². The number of rotatable bonds is 3. The van der Waals surface area contributed by atoms with Crippen LogP contribution in [0.15, 0.2) is 55.1 Å². The second kappa shape index (κ2) is 6.55. The zero-order valence-corrected chi connectivity index (χ0v) is 13.3. The van der Waals surface area contributed by atoms with Crippen molar-refractivity contribution in [2.24, 2.45) is 0 Å². The van der Waals surface area contributed by atoms with Gasteiger partial charge in [0, 0.05) is 25.6 Å². The molecule has 1 atom stereocenters. The summed E-state index contributed by atoms with van der Waals surface area (Å²) in [6.07, 6.45) is 2.88. The lowest BCUT2D eigenvalue weighted by Crippen LogP contribution is -2.28. The number of halogens is 1. The van der Waals surface area contributed by atoms with Gasteiger partial charge < -0.3 is 5.11 Å². The van der Waals surface area contributed by atoms with Gasteiger partial charge in [-0.05, 0) is 35.2 Å². The van der Waals surface area contributed by atoms with Crippen molar-refractivity contribution in [3.63, 3.8) is 0 Å². The Balaban J connectivity index is 2.07. The predicted molar refractivity (Wildman–Crippen MR) is 91.7 cm³/mol. The summed E-state index contributed by atoms with van der Waals surface area (Å²) in [7, 11) is 0. The number of phenols is 1. The highest BCUT2D eigenvalue weighted by Crippen LogP contribution is 2.36. The average molecular weight is 314 g/mol. The first-order valence-corrected chi connectivity index (χ1v) is 7.96. The van der Waals surface area contributed by atoms with E-state index >= 15 is 0 Å². The number of hydrogen-bond donors (Lipinski definition) is 1. The van der Waals surface area contributed by atoms with Crippen LogP contribution in [0.25, 0.3) is 0 Å². The summed E-state index contributed by atoms with van der Waals surface area (Å²) in [6, 6.07) is 14.2. The minimum Gasteiger partial charge on any atom is -0.506 e. The van der Waals surface area contributed by atoms with Crippen LogP contribution in [0.4, 0.5) is 0 Å². The minimum absolute atomic E-state index is 0.165. The number of aromatic hydroxyl groups is 1. The van der Waals surface area contributed by atoms with E-state index < -0.39 is 0 Å². The third kappa shape index (κ3) is 3.03. The summed E-state index contributed by atoms with van der Waals surface area (Å²) in [5.41, 5.74) is 3.67. The van der Waals surface area contributed by atoms with E-state index in [-0.39, 0.29) is 11.7 Å². The molecule has 22 heavy (non-hydrogen) atoms. The van der Waals surface area contributed by atoms with Crippen molar-refractivity contribution >= 4 is 11.6 Å². The van der Waals surface area contributed by atoms with Gasteiger partial charge in [-0.2, -0.15) is 0 Å². The minimum atomic E-state index is 0.165. The molecule has 0 aromatic heterocycles. The van der Waals surface area contributed by atoms with Crippen molar-refractivity contribution in [1.29, 1.82) is 0 Å². The van der Waals surface area contributed by atoms with Gasteiger partial charge in [0.25, 0.3) is 0 Å². The van der Waals surface area contributed by atoms with Crippen LogP contribution in [0.3, 0.4) is 0 Å². The number of hydrogen-bond acceptors (Lipinski definition) is 2. The topological polar surface area (TPSA) is 23.5 Å². The fourth-order valence-corrected chi connectivity index (χ4v) is 3.39. The predicted octanol–water partition coefficient (Wildman–Crippen LogP) is 4.22. The fourth-order valence-electron chi connectivity index (χ4n) is 3.21. The van der Waals surface area contributed by atoms with Gasteiger partial charge >= 0.3 is 0 Å². The van der Waals surface area contributed by atoms with Gasteiger partial charge in [0.2, 0.25) is 0 Å². The van der Waals surface area contributed by atoms with Crippen LogP contribution in [-0.4, -0.2) is 29.6 Å². The van der Waals surface area contributed by atoms with Crippen LogP contribution in [0.1, 0.15) is 22.6 Å². The average Bonchev–Trinajstić information content (AvgIpc) is 2.70. The highest BCUT2D eigenvalue weighted by atomic mass is 35.5. The summed E-state index contributed by atoms with van der Waals surface area (Å²) >= 11 is 6.11. The van der Waals surface area contributed by atoms with Gasteiger partial charge in [-0.1, -0.05) is 48.0 Å². The molecule has 1 aliphatic rings. The summed E-state index contributed by atoms with van der Waals surface area (Å²) in [4.78, 5) is 2.40. The molecule has 0 bridgehead atoms. The molecule has 1 unspecified atom stereocenters. The van der Waals surface area contributed by atoms with Crippen molar-refractivity contribution < 1.29 is 5.11 Å². The van der Waals surface area contributed by atoms with Crippen molar-refractivity contribution in [2.75, 3.05) is 19.6 Å². The van der Waals surface area contributed by atoms with Crippen molar-refractivity contribution in [1.82, 2.24) is 4.90 Å². The van der Waals surface area contributed by atoms with Crippen LogP contribution >= 0.6 is 11.6 Å². The molecule has 1 aliphatic heterocycles. The summed E-state index contributed by atoms with van der Waals surface area (Å²) in [6.45, 7) is 6.63. The molecular weight excluding hydrogens is 294 g/mol. The number of nitrogens with zero attached hydrogens (tertiary/aromatic N) is 1. The first kappa shape index (κ1) is 15.1. The van der Waals surface area contributed by atoms with Crippen LogP contribution in [0.2, 0.25) is 5.02 Å². The molecule has 2 nitrogen and oxygen atoms in total. The second-order valence-corrected chi connectivity index (χ2v) is 6.17. The maximum atomic E-state index is 10.0. The van der Waals surface area contributed by atoms with Crippen molar-refractivity contribution in [3.05, 3.63) is 76.8 Å². The van der Waals surface area contributed by atoms with Gasteiger partial charge in [-0.3, -0.25) is 4.90 Å². The van der Waals surface area contributed by atoms with Crippen molar-refractivity contribution in [2.45, 2.75) is 12.3 Å². The summed E-state index contributed by atoms with van der Waals surface area (Å²) in [5.74, 6) is 0.403. The fraction of sp³-hybridized carbons (Fsp3) is 0.263. The van der Waals surface area contributed by atoms with Gasteiger partial charge in [0.15, 0.2) is 0 Å². The molecule has 1 heterocycles. The van der Waals surface area contributed by atoms with Crippen molar-refractivity contribution in [3.8, 4) is 5.75 Å². The van der Waals surface area contributed by atoms with E-state index in [9.17, 15) is 5.11 Å². The quantitative estimate of drug-likeness (QED) is 0.858. The molecule has 1 N–H and O–H groups in total. The van der Waals surface area contributed by atoms with Crippen LogP contribution < -0.4 is 0 Å². The molecule has 0 spiro atoms.